The number of nitriles is 1. The molecule has 0 spiro atoms. The number of nitrogens with zero attached hydrogens (tertiary/aromatic N) is 9. The lowest BCUT2D eigenvalue weighted by molar-refractivity contribution is -0.131. The Bertz CT molecular complexity index is 3500. The molecule has 0 radical (unpaired) electrons. The summed E-state index contributed by atoms with van der Waals surface area (Å²) in [5.74, 6) is -2.55. The maximum absolute atomic E-state index is 14.3. The summed E-state index contributed by atoms with van der Waals surface area (Å²) in [4.78, 5) is 51.3. The first-order chi connectivity index (χ1) is 41.2. The molecule has 2 fully saturated rings. The van der Waals surface area contributed by atoms with Gasteiger partial charge in [-0.2, -0.15) is 20.2 Å². The Morgan fingerprint density at radius 2 is 1.58 bits per heavy atom. The number of amides is 2. The molecule has 3 aliphatic rings. The standard InChI is InChI=1S/C58H65BrClF2N13O9S/c1-38(61)56(77)75-24-23-74(35-41(75)17-19-63)55-44-18-22-73(50-12-3-7-39-6-2-9-46(60)51(39)50)36-49(44)69-58(71-55)84-37-42-8-5-21-72(42)25-27-81-29-31-83-33-32-82-30-28-80-26-20-66-85(78,79)43-15-13-40(14-16-43)67-57-65-34-45(59)54(70-57)68-48-11-4-10-47(62)52(48)53(64)76/h2-4,6-7,9-16,34,41-42,66H,1,5,8,17-18,20-33,35-37H2,(H2,64,76)(H2,65,67,68,70)/t41-,42-/m0/s1. The summed E-state index contributed by atoms with van der Waals surface area (Å²) in [5, 5.41) is 18.2. The Kier molecular flexibility index (Phi) is 21.8. The molecule has 9 rings (SSSR count). The van der Waals surface area contributed by atoms with Gasteiger partial charge < -0.3 is 54.8 Å². The minimum absolute atomic E-state index is 0.0227. The van der Waals surface area contributed by atoms with Crippen molar-refractivity contribution in [1.29, 1.82) is 5.26 Å². The number of carbonyl (C=O) groups is 2. The largest absolute Gasteiger partial charge is 0.462 e. The van der Waals surface area contributed by atoms with Crippen molar-refractivity contribution < 1.29 is 50.5 Å². The second-order valence-corrected chi connectivity index (χ2v) is 23.1. The number of ether oxygens (including phenoxy) is 5. The highest BCUT2D eigenvalue weighted by molar-refractivity contribution is 9.10. The van der Waals surface area contributed by atoms with Gasteiger partial charge in [-0.3, -0.25) is 14.5 Å². The molecule has 5 N–H and O–H groups in total. The van der Waals surface area contributed by atoms with Crippen LogP contribution in [0.25, 0.3) is 10.8 Å². The number of sulfonamides is 1. The number of benzene rings is 4. The molecule has 22 nitrogen and oxygen atoms in total. The van der Waals surface area contributed by atoms with Crippen LogP contribution in [0.5, 0.6) is 6.01 Å². The topological polar surface area (TPSA) is 265 Å². The molecule has 2 amide bonds. The van der Waals surface area contributed by atoms with Gasteiger partial charge >= 0.3 is 6.01 Å². The molecule has 0 unspecified atom stereocenters. The number of primary amides is 1. The van der Waals surface area contributed by atoms with Gasteiger partial charge in [-0.1, -0.05) is 48.5 Å². The summed E-state index contributed by atoms with van der Waals surface area (Å²) in [6.07, 6.45) is 4.04. The van der Waals surface area contributed by atoms with Crippen LogP contribution in [0, 0.1) is 17.1 Å². The Balaban J connectivity index is 0.659. The van der Waals surface area contributed by atoms with Crippen molar-refractivity contribution in [3.8, 4) is 12.1 Å². The Hall–Kier alpha value is -7.19. The summed E-state index contributed by atoms with van der Waals surface area (Å²) < 4.78 is 86.5. The highest BCUT2D eigenvalue weighted by atomic mass is 79.9. The third-order valence-corrected chi connectivity index (χ3v) is 16.9. The van der Waals surface area contributed by atoms with E-state index < -0.39 is 39.5 Å². The number of piperazine rings is 1. The number of halogens is 4. The molecule has 2 atom stereocenters. The summed E-state index contributed by atoms with van der Waals surface area (Å²) in [5.41, 5.74) is 8.44. The summed E-state index contributed by atoms with van der Waals surface area (Å²) in [7, 11) is -3.84. The van der Waals surface area contributed by atoms with Crippen molar-refractivity contribution in [3.63, 3.8) is 0 Å². The van der Waals surface area contributed by atoms with E-state index in [1.54, 1.807) is 12.1 Å². The maximum atomic E-state index is 14.3. The zero-order valence-electron chi connectivity index (χ0n) is 46.5. The van der Waals surface area contributed by atoms with Crippen LogP contribution in [0.2, 0.25) is 5.02 Å². The van der Waals surface area contributed by atoms with Gasteiger partial charge in [-0.05, 0) is 95.7 Å². The van der Waals surface area contributed by atoms with Crippen LogP contribution < -0.4 is 35.6 Å². The van der Waals surface area contributed by atoms with Crippen LogP contribution in [0.15, 0.2) is 107 Å². The van der Waals surface area contributed by atoms with Crippen LogP contribution >= 0.6 is 27.5 Å². The van der Waals surface area contributed by atoms with Gasteiger partial charge in [-0.15, -0.1) is 0 Å². The third-order valence-electron chi connectivity index (χ3n) is 14.6. The molecular weight excluding hydrogens is 1210 g/mol. The van der Waals surface area contributed by atoms with Crippen molar-refractivity contribution in [1.82, 2.24) is 34.5 Å². The second-order valence-electron chi connectivity index (χ2n) is 20.1. The molecule has 3 aliphatic heterocycles. The van der Waals surface area contributed by atoms with E-state index in [4.69, 9.17) is 51.0 Å². The van der Waals surface area contributed by atoms with Crippen LogP contribution in [-0.2, 0) is 46.7 Å². The first kappa shape index (κ1) is 62.3. The predicted molar refractivity (Wildman–Crippen MR) is 320 cm³/mol. The molecule has 0 bridgehead atoms. The minimum atomic E-state index is -3.84. The maximum Gasteiger partial charge on any atom is 0.318 e. The van der Waals surface area contributed by atoms with Crippen molar-refractivity contribution in [2.45, 2.75) is 49.2 Å². The molecule has 4 aromatic carbocycles. The number of carbonyl (C=O) groups excluding carboxylic acids is 2. The van der Waals surface area contributed by atoms with Crippen LogP contribution in [0.1, 0.15) is 40.9 Å². The fourth-order valence-electron chi connectivity index (χ4n) is 10.4. The quantitative estimate of drug-likeness (QED) is 0.0263. The van der Waals surface area contributed by atoms with Crippen molar-refractivity contribution in [3.05, 3.63) is 130 Å². The van der Waals surface area contributed by atoms with E-state index >= 15 is 0 Å². The normalized spacial score (nSPS) is 16.3. The number of aromatic nitrogens is 4. The molecular formula is C58H65BrClF2N13O9S. The zero-order valence-corrected chi connectivity index (χ0v) is 49.6. The fourth-order valence-corrected chi connectivity index (χ4v) is 12.0. The third kappa shape index (κ3) is 16.2. The first-order valence-corrected chi connectivity index (χ1v) is 30.3. The van der Waals surface area contributed by atoms with Crippen molar-refractivity contribution in [2.75, 3.05) is 126 Å². The lowest BCUT2D eigenvalue weighted by Crippen LogP contribution is -2.55. The average molecular weight is 1270 g/mol. The van der Waals surface area contributed by atoms with E-state index in [9.17, 15) is 32.0 Å². The Morgan fingerprint density at radius 3 is 2.31 bits per heavy atom. The lowest BCUT2D eigenvalue weighted by atomic mass is 10.0. The molecule has 0 aliphatic carbocycles. The van der Waals surface area contributed by atoms with Crippen LogP contribution in [0.3, 0.4) is 0 Å². The number of fused-ring (bicyclic) bond motifs is 2. The Labute approximate surface area is 504 Å². The van der Waals surface area contributed by atoms with E-state index in [1.807, 2.05) is 30.3 Å². The van der Waals surface area contributed by atoms with Crippen LogP contribution in [-0.4, -0.2) is 167 Å². The van der Waals surface area contributed by atoms with Gasteiger partial charge in [0.25, 0.3) is 11.8 Å². The monoisotopic (exact) mass is 1270 g/mol. The van der Waals surface area contributed by atoms with Gasteiger partial charge in [0.15, 0.2) is 5.83 Å². The number of anilines is 6. The first-order valence-electron chi connectivity index (χ1n) is 27.7. The lowest BCUT2D eigenvalue weighted by Gasteiger charge is -2.42. The zero-order chi connectivity index (χ0) is 59.9. The average Bonchev–Trinajstić information content (AvgIpc) is 2.34. The van der Waals surface area contributed by atoms with Gasteiger partial charge in [0.1, 0.15) is 24.1 Å². The fraction of sp³-hybridized carbons (Fsp3) is 0.397. The van der Waals surface area contributed by atoms with Crippen molar-refractivity contribution in [2.24, 2.45) is 5.73 Å². The number of nitrogens with one attached hydrogen (secondary N) is 3. The highest BCUT2D eigenvalue weighted by Crippen LogP contribution is 2.38. The van der Waals surface area contributed by atoms with Crippen molar-refractivity contribution >= 4 is 94.8 Å². The van der Waals surface area contributed by atoms with Gasteiger partial charge in [0.2, 0.25) is 16.0 Å². The van der Waals surface area contributed by atoms with Crippen LogP contribution in [0.4, 0.5) is 43.4 Å². The molecule has 6 aromatic rings. The SMILES string of the molecule is C=C(F)C(=O)N1CCN(c2nc(OC[C@@H]3CCCN3CCOCCOCCOCCOCCNS(=O)(=O)c3ccc(Nc4ncc(Br)c(Nc5cccc(F)c5C(N)=O)n4)cc3)nc3c2CCN(c2cccc4cccc(Cl)c24)C3)C[C@@H]1CC#N. The Morgan fingerprint density at radius 1 is 0.859 bits per heavy atom. The molecule has 2 aromatic heterocycles. The predicted octanol–water partition coefficient (Wildman–Crippen LogP) is 7.43. The smallest absolute Gasteiger partial charge is 0.318 e. The molecule has 2 saturated heterocycles. The number of hydrogen-bond donors (Lipinski definition) is 4. The number of nitrogens with two attached hydrogens (primary N) is 1. The van der Waals surface area contributed by atoms with Gasteiger partial charge in [-0.25, -0.2) is 26.9 Å². The molecule has 85 heavy (non-hydrogen) atoms. The summed E-state index contributed by atoms with van der Waals surface area (Å²) in [6, 6.07) is 23.9. The minimum Gasteiger partial charge on any atom is -0.462 e. The highest BCUT2D eigenvalue weighted by Gasteiger charge is 2.36. The number of hydrogen-bond acceptors (Lipinski definition) is 19. The van der Waals surface area contributed by atoms with E-state index in [0.717, 1.165) is 53.2 Å². The van der Waals surface area contributed by atoms with E-state index in [0.29, 0.717) is 99.8 Å². The molecule has 5 heterocycles. The van der Waals surface area contributed by atoms with Gasteiger partial charge in [0.05, 0.1) is 109 Å². The molecule has 0 saturated carbocycles. The van der Waals surface area contributed by atoms with E-state index in [2.05, 4.69) is 74.7 Å². The molecule has 450 valence electrons. The number of likely N-dealkylation sites (tertiary alicyclic amines) is 1. The summed E-state index contributed by atoms with van der Waals surface area (Å²) in [6.45, 7) is 9.91. The van der Waals surface area contributed by atoms with Gasteiger partial charge in [0, 0.05) is 73.8 Å². The summed E-state index contributed by atoms with van der Waals surface area (Å²) >= 11 is 10.1. The molecule has 27 heteroatoms. The number of rotatable bonds is 29. The second kappa shape index (κ2) is 29.8. The van der Waals surface area contributed by atoms with E-state index in [-0.39, 0.29) is 79.2 Å². The van der Waals surface area contributed by atoms with E-state index in [1.165, 1.54) is 35.4 Å².